The molecule has 0 saturated carbocycles. The number of nitrogens with one attached hydrogen (secondary N) is 2. The average molecular weight is 451 g/mol. The van der Waals surface area contributed by atoms with E-state index >= 15 is 0 Å². The normalized spacial score (nSPS) is 10.9. The Morgan fingerprint density at radius 2 is 1.06 bits per heavy atom. The van der Waals surface area contributed by atoms with E-state index in [2.05, 4.69) is 38.6 Å². The van der Waals surface area contributed by atoms with Crippen molar-refractivity contribution in [3.8, 4) is 56.5 Å². The first kappa shape index (κ1) is 21.5. The maximum absolute atomic E-state index is 5.57. The number of hydrogen-bond donors (Lipinski definition) is 2. The van der Waals surface area contributed by atoms with Crippen molar-refractivity contribution in [3.63, 3.8) is 0 Å². The molecule has 0 spiro atoms. The lowest BCUT2D eigenvalue weighted by Gasteiger charge is -2.07. The van der Waals surface area contributed by atoms with E-state index in [9.17, 15) is 0 Å². The minimum atomic E-state index is 0.819. The Balaban J connectivity index is 1.46. The molecule has 0 saturated heterocycles. The molecule has 2 heterocycles. The Morgan fingerprint density at radius 3 is 1.50 bits per heavy atom. The molecule has 0 radical (unpaired) electrons. The van der Waals surface area contributed by atoms with Crippen LogP contribution in [-0.4, -0.2) is 34.6 Å². The second-order valence-electron chi connectivity index (χ2n) is 8.32. The number of aromatic amines is 2. The number of methoxy groups -OCH3 is 2. The summed E-state index contributed by atoms with van der Waals surface area (Å²) in [5, 5.41) is 15.4. The van der Waals surface area contributed by atoms with Crippen molar-refractivity contribution in [2.75, 3.05) is 14.2 Å². The number of aromatic nitrogens is 4. The molecule has 2 N–H and O–H groups in total. The molecule has 5 rings (SSSR count). The zero-order valence-corrected chi connectivity index (χ0v) is 19.6. The van der Waals surface area contributed by atoms with Gasteiger partial charge in [0.2, 0.25) is 0 Å². The van der Waals surface area contributed by atoms with E-state index in [-0.39, 0.29) is 0 Å². The Bertz CT molecular complexity index is 1360. The molecule has 0 fully saturated rings. The van der Waals surface area contributed by atoms with Gasteiger partial charge < -0.3 is 9.47 Å². The summed E-state index contributed by atoms with van der Waals surface area (Å²) in [7, 11) is 3.37. The van der Waals surface area contributed by atoms with E-state index in [0.717, 1.165) is 67.7 Å². The first-order chi connectivity index (χ1) is 16.6. The van der Waals surface area contributed by atoms with E-state index < -0.39 is 0 Å². The summed E-state index contributed by atoms with van der Waals surface area (Å²) in [6.07, 6.45) is 0. The predicted molar refractivity (Wildman–Crippen MR) is 135 cm³/mol. The molecule has 2 aromatic heterocycles. The van der Waals surface area contributed by atoms with Gasteiger partial charge in [0.25, 0.3) is 0 Å². The smallest absolute Gasteiger partial charge is 0.128 e. The number of aryl methyl sites for hydroxylation is 2. The number of hydrogen-bond acceptors (Lipinski definition) is 4. The van der Waals surface area contributed by atoms with E-state index in [4.69, 9.17) is 9.47 Å². The zero-order valence-electron chi connectivity index (χ0n) is 19.6. The first-order valence-electron chi connectivity index (χ1n) is 11.1. The minimum Gasteiger partial charge on any atom is -0.496 e. The minimum absolute atomic E-state index is 0.819. The van der Waals surface area contributed by atoms with Gasteiger partial charge >= 0.3 is 0 Å². The Morgan fingerprint density at radius 1 is 0.588 bits per heavy atom. The van der Waals surface area contributed by atoms with Gasteiger partial charge in [-0.05, 0) is 67.4 Å². The monoisotopic (exact) mass is 450 g/mol. The molecule has 0 aliphatic carbocycles. The molecule has 170 valence electrons. The van der Waals surface area contributed by atoms with Gasteiger partial charge in [-0.3, -0.25) is 10.2 Å². The molecule has 0 bridgehead atoms. The van der Waals surface area contributed by atoms with Crippen molar-refractivity contribution in [3.05, 3.63) is 83.9 Å². The third-order valence-corrected chi connectivity index (χ3v) is 5.90. The molecule has 5 aromatic rings. The number of ether oxygens (including phenoxy) is 2. The van der Waals surface area contributed by atoms with Crippen LogP contribution in [0.3, 0.4) is 0 Å². The lowest BCUT2D eigenvalue weighted by atomic mass is 10.0. The molecular formula is C28H26N4O2. The van der Waals surface area contributed by atoms with Gasteiger partial charge in [-0.25, -0.2) is 0 Å². The Kier molecular flexibility index (Phi) is 5.64. The van der Waals surface area contributed by atoms with Gasteiger partial charge in [-0.2, -0.15) is 10.2 Å². The Hall–Kier alpha value is -4.32. The second-order valence-corrected chi connectivity index (χ2v) is 8.32. The molecule has 0 aliphatic heterocycles. The third kappa shape index (κ3) is 4.06. The summed E-state index contributed by atoms with van der Waals surface area (Å²) in [5.41, 5.74) is 9.79. The number of benzene rings is 3. The molecule has 3 aromatic carbocycles. The van der Waals surface area contributed by atoms with Crippen molar-refractivity contribution in [1.82, 2.24) is 20.4 Å². The molecule has 6 heteroatoms. The van der Waals surface area contributed by atoms with Crippen LogP contribution >= 0.6 is 0 Å². The maximum atomic E-state index is 5.57. The highest BCUT2D eigenvalue weighted by Gasteiger charge is 2.14. The van der Waals surface area contributed by atoms with Crippen LogP contribution in [0.2, 0.25) is 0 Å². The van der Waals surface area contributed by atoms with E-state index in [0.29, 0.717) is 0 Å². The molecule has 0 aliphatic rings. The van der Waals surface area contributed by atoms with Gasteiger partial charge in [0, 0.05) is 22.3 Å². The lowest BCUT2D eigenvalue weighted by molar-refractivity contribution is 0.416. The summed E-state index contributed by atoms with van der Waals surface area (Å²) < 4.78 is 11.1. The highest BCUT2D eigenvalue weighted by Crippen LogP contribution is 2.34. The van der Waals surface area contributed by atoms with Crippen molar-refractivity contribution >= 4 is 0 Å². The molecule has 0 atom stereocenters. The van der Waals surface area contributed by atoms with Gasteiger partial charge in [0.05, 0.1) is 37.0 Å². The van der Waals surface area contributed by atoms with Crippen molar-refractivity contribution in [1.29, 1.82) is 0 Å². The van der Waals surface area contributed by atoms with Crippen molar-refractivity contribution < 1.29 is 9.47 Å². The lowest BCUT2D eigenvalue weighted by Crippen LogP contribution is -1.89. The SMILES string of the molecule is COc1cc(C)ccc1-c1cc(-c2cccc(-c3cc(-c4ccc(C)cc4OC)[nH]n3)c2)n[nH]1. The van der Waals surface area contributed by atoms with Crippen LogP contribution in [0, 0.1) is 13.8 Å². The zero-order chi connectivity index (χ0) is 23.7. The summed E-state index contributed by atoms with van der Waals surface area (Å²) >= 11 is 0. The van der Waals surface area contributed by atoms with Crippen LogP contribution < -0.4 is 9.47 Å². The summed E-state index contributed by atoms with van der Waals surface area (Å²) in [6, 6.07) is 24.6. The number of H-pyrrole nitrogens is 2. The standard InChI is InChI=1S/C28H26N4O2/c1-17-8-10-21(27(12-17)33-3)25-15-23(29-31-25)19-6-5-7-20(14-19)24-16-26(32-30-24)22-11-9-18(2)13-28(22)34-4/h5-16H,1-4H3,(H,29,31)(H,30,32). The van der Waals surface area contributed by atoms with Gasteiger partial charge in [0.1, 0.15) is 11.5 Å². The quantitative estimate of drug-likeness (QED) is 0.312. The predicted octanol–water partition coefficient (Wildman–Crippen LogP) is 6.43. The van der Waals surface area contributed by atoms with Crippen LogP contribution in [0.1, 0.15) is 11.1 Å². The second kappa shape index (κ2) is 8.90. The Labute approximate surface area is 198 Å². The van der Waals surface area contributed by atoms with Gasteiger partial charge in [-0.1, -0.05) is 30.3 Å². The summed E-state index contributed by atoms with van der Waals surface area (Å²) in [6.45, 7) is 4.09. The summed E-state index contributed by atoms with van der Waals surface area (Å²) in [5.74, 6) is 1.64. The molecular weight excluding hydrogens is 424 g/mol. The highest BCUT2D eigenvalue weighted by atomic mass is 16.5. The van der Waals surface area contributed by atoms with Crippen molar-refractivity contribution in [2.24, 2.45) is 0 Å². The fourth-order valence-electron chi connectivity index (χ4n) is 4.09. The molecule has 6 nitrogen and oxygen atoms in total. The third-order valence-electron chi connectivity index (χ3n) is 5.90. The van der Waals surface area contributed by atoms with Crippen LogP contribution in [0.4, 0.5) is 0 Å². The molecule has 0 amide bonds. The van der Waals surface area contributed by atoms with Crippen LogP contribution in [0.15, 0.2) is 72.8 Å². The van der Waals surface area contributed by atoms with Crippen LogP contribution in [0.5, 0.6) is 11.5 Å². The number of rotatable bonds is 6. The highest BCUT2D eigenvalue weighted by molar-refractivity contribution is 5.77. The number of nitrogens with zero attached hydrogens (tertiary/aromatic N) is 2. The fourth-order valence-corrected chi connectivity index (χ4v) is 4.09. The topological polar surface area (TPSA) is 75.8 Å². The fraction of sp³-hybridized carbons (Fsp3) is 0.143. The van der Waals surface area contributed by atoms with Crippen LogP contribution in [0.25, 0.3) is 45.0 Å². The van der Waals surface area contributed by atoms with Crippen molar-refractivity contribution in [2.45, 2.75) is 13.8 Å². The van der Waals surface area contributed by atoms with E-state index in [1.165, 1.54) is 0 Å². The van der Waals surface area contributed by atoms with E-state index in [1.807, 2.05) is 68.4 Å². The largest absolute Gasteiger partial charge is 0.496 e. The summed E-state index contributed by atoms with van der Waals surface area (Å²) in [4.78, 5) is 0. The molecule has 0 unspecified atom stereocenters. The van der Waals surface area contributed by atoms with Gasteiger partial charge in [0.15, 0.2) is 0 Å². The van der Waals surface area contributed by atoms with Crippen LogP contribution in [-0.2, 0) is 0 Å². The average Bonchev–Trinajstić information content (AvgIpc) is 3.54. The maximum Gasteiger partial charge on any atom is 0.128 e. The first-order valence-corrected chi connectivity index (χ1v) is 11.1. The van der Waals surface area contributed by atoms with E-state index in [1.54, 1.807) is 14.2 Å². The van der Waals surface area contributed by atoms with Gasteiger partial charge in [-0.15, -0.1) is 0 Å². The molecule has 34 heavy (non-hydrogen) atoms.